The van der Waals surface area contributed by atoms with E-state index in [0.29, 0.717) is 12.4 Å². The molecule has 1 aliphatic rings. The van der Waals surface area contributed by atoms with E-state index < -0.39 is 0 Å². The highest BCUT2D eigenvalue weighted by Gasteiger charge is 2.25. The second-order valence-corrected chi connectivity index (χ2v) is 10.1. The van der Waals surface area contributed by atoms with Gasteiger partial charge >= 0.3 is 6.01 Å². The zero-order valence-electron chi connectivity index (χ0n) is 21.3. The number of hydrogen-bond donors (Lipinski definition) is 0. The molecule has 36 heavy (non-hydrogen) atoms. The first-order valence-electron chi connectivity index (χ1n) is 12.7. The van der Waals surface area contributed by atoms with Crippen molar-refractivity contribution < 1.29 is 14.1 Å². The first-order valence-corrected chi connectivity index (χ1v) is 12.7. The molecule has 0 radical (unpaired) electrons. The molecule has 8 heteroatoms. The van der Waals surface area contributed by atoms with Crippen LogP contribution in [0.5, 0.6) is 5.75 Å². The molecule has 0 unspecified atom stereocenters. The van der Waals surface area contributed by atoms with E-state index in [1.165, 1.54) is 0 Å². The van der Waals surface area contributed by atoms with Crippen molar-refractivity contribution in [2.45, 2.75) is 59.0 Å². The Morgan fingerprint density at radius 1 is 1.11 bits per heavy atom. The van der Waals surface area contributed by atoms with Crippen molar-refractivity contribution in [1.29, 1.82) is 0 Å². The molecule has 4 heterocycles. The molecule has 5 rings (SSSR count). The number of rotatable bonds is 8. The van der Waals surface area contributed by atoms with Crippen LogP contribution < -0.4 is 9.64 Å². The number of carbonyl (C=O) groups excluding carboxylic acids is 1. The Kier molecular flexibility index (Phi) is 6.76. The zero-order valence-corrected chi connectivity index (χ0v) is 21.3. The number of nitrogens with zero attached hydrogens (tertiary/aromatic N) is 5. The maximum absolute atomic E-state index is 12.1. The van der Waals surface area contributed by atoms with Crippen molar-refractivity contribution in [3.63, 3.8) is 0 Å². The van der Waals surface area contributed by atoms with Gasteiger partial charge in [-0.3, -0.25) is 4.79 Å². The summed E-state index contributed by atoms with van der Waals surface area (Å²) < 4.78 is 13.7. The van der Waals surface area contributed by atoms with Gasteiger partial charge in [0.25, 0.3) is 0 Å². The number of aromatic nitrogens is 4. The number of benzene rings is 1. The van der Waals surface area contributed by atoms with Gasteiger partial charge in [-0.2, -0.15) is 4.98 Å². The molecule has 1 fully saturated rings. The van der Waals surface area contributed by atoms with Gasteiger partial charge in [-0.1, -0.05) is 38.9 Å². The SMILES string of the molecule is CC(C)C(=O)Cc1ccc2c(ccn2-c2ccc(OC3CCN(c4nc(C(C)C)no4)CC3)cn2)c1. The van der Waals surface area contributed by atoms with E-state index in [2.05, 4.69) is 56.6 Å². The smallest absolute Gasteiger partial charge is 0.324 e. The van der Waals surface area contributed by atoms with Crippen molar-refractivity contribution >= 4 is 22.7 Å². The highest BCUT2D eigenvalue weighted by Crippen LogP contribution is 2.25. The Morgan fingerprint density at radius 3 is 2.58 bits per heavy atom. The molecule has 0 bridgehead atoms. The van der Waals surface area contributed by atoms with E-state index in [1.807, 2.05) is 38.2 Å². The second-order valence-electron chi connectivity index (χ2n) is 10.1. The van der Waals surface area contributed by atoms with Crippen LogP contribution in [-0.2, 0) is 11.2 Å². The maximum atomic E-state index is 12.1. The number of carbonyl (C=O) groups is 1. The molecule has 0 amide bonds. The van der Waals surface area contributed by atoms with Gasteiger partial charge in [0.15, 0.2) is 5.82 Å². The molecule has 8 nitrogen and oxygen atoms in total. The van der Waals surface area contributed by atoms with Gasteiger partial charge in [0.2, 0.25) is 0 Å². The number of pyridine rings is 1. The number of fused-ring (bicyclic) bond motifs is 1. The summed E-state index contributed by atoms with van der Waals surface area (Å²) in [5, 5.41) is 5.16. The molecule has 188 valence electrons. The standard InChI is InChI=1S/C28H33N5O3/c1-18(2)25(34)16-20-5-7-24-21(15-20)9-14-33(24)26-8-6-23(17-29-26)35-22-10-12-32(13-11-22)28-30-27(19(3)4)31-36-28/h5-9,14-15,17-19,22H,10-13,16H2,1-4H3. The lowest BCUT2D eigenvalue weighted by molar-refractivity contribution is -0.121. The van der Waals surface area contributed by atoms with Crippen LogP contribution in [0.25, 0.3) is 16.7 Å². The molecule has 1 aromatic carbocycles. The van der Waals surface area contributed by atoms with Crippen LogP contribution in [0.2, 0.25) is 0 Å². The highest BCUT2D eigenvalue weighted by molar-refractivity contribution is 5.86. The lowest BCUT2D eigenvalue weighted by Crippen LogP contribution is -2.38. The highest BCUT2D eigenvalue weighted by atomic mass is 16.5. The van der Waals surface area contributed by atoms with Crippen molar-refractivity contribution in [2.24, 2.45) is 5.92 Å². The van der Waals surface area contributed by atoms with E-state index in [4.69, 9.17) is 9.26 Å². The van der Waals surface area contributed by atoms with Gasteiger partial charge in [-0.05, 0) is 35.9 Å². The average molecular weight is 488 g/mol. The molecule has 0 atom stereocenters. The predicted molar refractivity (Wildman–Crippen MR) is 139 cm³/mol. The third-order valence-corrected chi connectivity index (χ3v) is 6.71. The second kappa shape index (κ2) is 10.1. The van der Waals surface area contributed by atoms with E-state index in [1.54, 1.807) is 6.20 Å². The topological polar surface area (TPSA) is 86.3 Å². The molecular formula is C28H33N5O3. The number of hydrogen-bond acceptors (Lipinski definition) is 7. The van der Waals surface area contributed by atoms with E-state index in [9.17, 15) is 4.79 Å². The number of ketones is 1. The van der Waals surface area contributed by atoms with E-state index >= 15 is 0 Å². The van der Waals surface area contributed by atoms with E-state index in [-0.39, 0.29) is 23.7 Å². The molecule has 1 saturated heterocycles. The van der Waals surface area contributed by atoms with Crippen LogP contribution in [0.1, 0.15) is 57.8 Å². The third kappa shape index (κ3) is 5.12. The van der Waals surface area contributed by atoms with Gasteiger partial charge < -0.3 is 18.7 Å². The Labute approximate surface area is 211 Å². The lowest BCUT2D eigenvalue weighted by atomic mass is 10.0. The molecule has 0 saturated carbocycles. The Morgan fingerprint density at radius 2 is 1.92 bits per heavy atom. The molecule has 0 spiro atoms. The fraction of sp³-hybridized carbons (Fsp3) is 0.429. The average Bonchev–Trinajstić information content (AvgIpc) is 3.53. The summed E-state index contributed by atoms with van der Waals surface area (Å²) in [5.41, 5.74) is 2.10. The van der Waals surface area contributed by atoms with Gasteiger partial charge in [0.05, 0.1) is 11.7 Å². The monoisotopic (exact) mass is 487 g/mol. The third-order valence-electron chi connectivity index (χ3n) is 6.71. The number of Topliss-reactive ketones (excluding diaryl/α,β-unsaturated/α-hetero) is 1. The number of piperidine rings is 1. The van der Waals surface area contributed by atoms with Crippen LogP contribution in [0, 0.1) is 5.92 Å². The van der Waals surface area contributed by atoms with Gasteiger partial charge in [-0.15, -0.1) is 0 Å². The van der Waals surface area contributed by atoms with Crippen LogP contribution in [0.3, 0.4) is 0 Å². The summed E-state index contributed by atoms with van der Waals surface area (Å²) in [6.45, 7) is 9.63. The van der Waals surface area contributed by atoms with Gasteiger partial charge in [-0.25, -0.2) is 4.98 Å². The summed E-state index contributed by atoms with van der Waals surface area (Å²) in [7, 11) is 0. The Bertz CT molecular complexity index is 1330. The predicted octanol–water partition coefficient (Wildman–Crippen LogP) is 5.35. The van der Waals surface area contributed by atoms with Crippen LogP contribution >= 0.6 is 0 Å². The Balaban J connectivity index is 1.20. The first kappa shape index (κ1) is 24.0. The molecule has 4 aromatic rings. The molecule has 0 aliphatic carbocycles. The summed E-state index contributed by atoms with van der Waals surface area (Å²) in [6.07, 6.45) is 6.16. The summed E-state index contributed by atoms with van der Waals surface area (Å²) in [5.74, 6) is 2.89. The quantitative estimate of drug-likeness (QED) is 0.331. The molecule has 1 aliphatic heterocycles. The van der Waals surface area contributed by atoms with E-state index in [0.717, 1.165) is 59.8 Å². The summed E-state index contributed by atoms with van der Waals surface area (Å²) in [6, 6.07) is 12.8. The van der Waals surface area contributed by atoms with Crippen LogP contribution in [0.15, 0.2) is 53.3 Å². The van der Waals surface area contributed by atoms with Crippen molar-refractivity contribution in [2.75, 3.05) is 18.0 Å². The Hall–Kier alpha value is -3.68. The molecule has 0 N–H and O–H groups in total. The molecular weight excluding hydrogens is 454 g/mol. The summed E-state index contributed by atoms with van der Waals surface area (Å²) >= 11 is 0. The van der Waals surface area contributed by atoms with Crippen LogP contribution in [0.4, 0.5) is 6.01 Å². The molecule has 3 aromatic heterocycles. The van der Waals surface area contributed by atoms with Crippen molar-refractivity contribution in [1.82, 2.24) is 19.7 Å². The first-order chi connectivity index (χ1) is 17.4. The van der Waals surface area contributed by atoms with Crippen molar-refractivity contribution in [3.8, 4) is 11.6 Å². The number of anilines is 1. The minimum atomic E-state index is 0.0472. The minimum absolute atomic E-state index is 0.0472. The lowest BCUT2D eigenvalue weighted by Gasteiger charge is -2.30. The fourth-order valence-corrected chi connectivity index (χ4v) is 4.44. The normalized spacial score (nSPS) is 14.8. The fourth-order valence-electron chi connectivity index (χ4n) is 4.44. The maximum Gasteiger partial charge on any atom is 0.324 e. The van der Waals surface area contributed by atoms with Gasteiger partial charge in [0, 0.05) is 55.8 Å². The number of ether oxygens (including phenoxy) is 1. The minimum Gasteiger partial charge on any atom is -0.489 e. The zero-order chi connectivity index (χ0) is 25.2. The van der Waals surface area contributed by atoms with Crippen LogP contribution in [-0.4, -0.2) is 44.7 Å². The largest absolute Gasteiger partial charge is 0.489 e. The van der Waals surface area contributed by atoms with Crippen molar-refractivity contribution in [3.05, 3.63) is 60.2 Å². The summed E-state index contributed by atoms with van der Waals surface area (Å²) in [4.78, 5) is 23.4. The van der Waals surface area contributed by atoms with Gasteiger partial charge in [0.1, 0.15) is 23.5 Å².